The molecule has 2 rings (SSSR count). The van der Waals surface area contributed by atoms with Gasteiger partial charge in [-0.15, -0.1) is 0 Å². The Morgan fingerprint density at radius 1 is 1.19 bits per heavy atom. The van der Waals surface area contributed by atoms with Gasteiger partial charge in [0.05, 0.1) is 18.8 Å². The van der Waals surface area contributed by atoms with Gasteiger partial charge in [-0.1, -0.05) is 30.0 Å². The van der Waals surface area contributed by atoms with Crippen LogP contribution in [0.3, 0.4) is 0 Å². The fourth-order valence-corrected chi connectivity index (χ4v) is 2.64. The van der Waals surface area contributed by atoms with Gasteiger partial charge < -0.3 is 14.6 Å². The van der Waals surface area contributed by atoms with Crippen LogP contribution in [0.5, 0.6) is 0 Å². The number of methoxy groups -OCH3 is 2. The predicted molar refractivity (Wildman–Crippen MR) is 81.9 cm³/mol. The van der Waals surface area contributed by atoms with Gasteiger partial charge in [-0.25, -0.2) is 0 Å². The molecule has 21 heavy (non-hydrogen) atoms. The summed E-state index contributed by atoms with van der Waals surface area (Å²) < 4.78 is 10.9. The molecular formula is C17H23NO3. The number of aliphatic hydroxyl groups is 1. The van der Waals surface area contributed by atoms with E-state index in [1.54, 1.807) is 14.2 Å². The summed E-state index contributed by atoms with van der Waals surface area (Å²) in [7, 11) is 3.46. The average molecular weight is 289 g/mol. The molecule has 1 N–H and O–H groups in total. The molecule has 2 atom stereocenters. The van der Waals surface area contributed by atoms with E-state index < -0.39 is 0 Å². The first kappa shape index (κ1) is 16.0. The fraction of sp³-hybridized carbons (Fsp3) is 0.529. The zero-order valence-corrected chi connectivity index (χ0v) is 12.7. The fourth-order valence-electron chi connectivity index (χ4n) is 2.64. The molecule has 0 amide bonds. The van der Waals surface area contributed by atoms with E-state index in [9.17, 15) is 0 Å². The third-order valence-corrected chi connectivity index (χ3v) is 3.77. The maximum atomic E-state index is 8.82. The van der Waals surface area contributed by atoms with Crippen LogP contribution in [-0.4, -0.2) is 56.1 Å². The summed E-state index contributed by atoms with van der Waals surface area (Å²) >= 11 is 0. The van der Waals surface area contributed by atoms with Gasteiger partial charge in [-0.05, 0) is 11.6 Å². The van der Waals surface area contributed by atoms with E-state index in [0.717, 1.165) is 25.2 Å². The number of hydrogen-bond donors (Lipinski definition) is 1. The molecule has 2 unspecified atom stereocenters. The number of ether oxygens (including phenoxy) is 2. The largest absolute Gasteiger partial charge is 0.395 e. The minimum Gasteiger partial charge on any atom is -0.395 e. The molecule has 114 valence electrons. The van der Waals surface area contributed by atoms with Crippen molar-refractivity contribution < 1.29 is 14.6 Å². The molecule has 1 aliphatic rings. The first-order chi connectivity index (χ1) is 10.3. The minimum absolute atomic E-state index is 0.104. The number of hydrogen-bond acceptors (Lipinski definition) is 4. The third kappa shape index (κ3) is 4.29. The smallest absolute Gasteiger partial charge is 0.0971 e. The Morgan fingerprint density at radius 3 is 2.48 bits per heavy atom. The van der Waals surface area contributed by atoms with Crippen molar-refractivity contribution >= 4 is 0 Å². The van der Waals surface area contributed by atoms with Crippen LogP contribution in [0.1, 0.15) is 17.5 Å². The number of rotatable bonds is 5. The zero-order valence-electron chi connectivity index (χ0n) is 12.7. The lowest BCUT2D eigenvalue weighted by molar-refractivity contribution is -0.00461. The zero-order chi connectivity index (χ0) is 15.1. The first-order valence-electron chi connectivity index (χ1n) is 7.24. The maximum absolute atomic E-state index is 8.82. The Balaban J connectivity index is 2.05. The molecule has 1 aromatic rings. The predicted octanol–water partition coefficient (Wildman–Crippen LogP) is 1.27. The highest BCUT2D eigenvalue weighted by Crippen LogP contribution is 2.19. The summed E-state index contributed by atoms with van der Waals surface area (Å²) in [5.41, 5.74) is 2.23. The van der Waals surface area contributed by atoms with Gasteiger partial charge >= 0.3 is 0 Å². The highest BCUT2D eigenvalue weighted by atomic mass is 16.5. The van der Waals surface area contributed by atoms with Crippen LogP contribution in [0.25, 0.3) is 0 Å². The van der Waals surface area contributed by atoms with Crippen molar-refractivity contribution in [2.75, 3.05) is 33.9 Å². The Hall–Kier alpha value is -1.38. The Morgan fingerprint density at radius 2 is 1.86 bits per heavy atom. The molecule has 1 fully saturated rings. The van der Waals surface area contributed by atoms with E-state index in [1.807, 2.05) is 18.2 Å². The molecule has 1 aromatic carbocycles. The second-order valence-electron chi connectivity index (χ2n) is 5.17. The van der Waals surface area contributed by atoms with E-state index in [1.165, 1.54) is 5.56 Å². The molecule has 0 aliphatic carbocycles. The molecule has 1 heterocycles. The van der Waals surface area contributed by atoms with E-state index in [-0.39, 0.29) is 18.8 Å². The van der Waals surface area contributed by atoms with Gasteiger partial charge in [0.15, 0.2) is 0 Å². The van der Waals surface area contributed by atoms with E-state index in [2.05, 4.69) is 22.8 Å². The van der Waals surface area contributed by atoms with Crippen LogP contribution in [0, 0.1) is 11.8 Å². The SMILES string of the molecule is COC1CN(Cc2ccccc2C#CCCO)CC1OC. The van der Waals surface area contributed by atoms with Gasteiger partial charge in [0, 0.05) is 45.8 Å². The number of aliphatic hydroxyl groups excluding tert-OH is 1. The summed E-state index contributed by atoms with van der Waals surface area (Å²) in [6.07, 6.45) is 0.764. The average Bonchev–Trinajstić information content (AvgIpc) is 2.91. The summed E-state index contributed by atoms with van der Waals surface area (Å²) in [6, 6.07) is 8.15. The lowest BCUT2D eigenvalue weighted by Gasteiger charge is -2.16. The van der Waals surface area contributed by atoms with Crippen molar-refractivity contribution in [2.45, 2.75) is 25.2 Å². The lowest BCUT2D eigenvalue weighted by Crippen LogP contribution is -2.27. The van der Waals surface area contributed by atoms with Crippen molar-refractivity contribution in [3.8, 4) is 11.8 Å². The summed E-state index contributed by atoms with van der Waals surface area (Å²) in [5, 5.41) is 8.82. The third-order valence-electron chi connectivity index (χ3n) is 3.77. The quantitative estimate of drug-likeness (QED) is 0.829. The maximum Gasteiger partial charge on any atom is 0.0971 e. The van der Waals surface area contributed by atoms with Gasteiger partial charge in [0.2, 0.25) is 0 Å². The molecule has 0 radical (unpaired) electrons. The van der Waals surface area contributed by atoms with E-state index >= 15 is 0 Å². The summed E-state index contributed by atoms with van der Waals surface area (Å²) in [6.45, 7) is 2.68. The highest BCUT2D eigenvalue weighted by Gasteiger charge is 2.32. The van der Waals surface area contributed by atoms with Crippen LogP contribution < -0.4 is 0 Å². The van der Waals surface area contributed by atoms with Gasteiger partial charge in [-0.2, -0.15) is 0 Å². The standard InChI is InChI=1S/C17H23NO3/c1-20-16-12-18(13-17(16)21-2)11-15-9-4-3-7-14(15)8-5-6-10-19/h3-4,7,9,16-17,19H,6,10-13H2,1-2H3. The molecule has 0 aromatic heterocycles. The number of benzene rings is 1. The van der Waals surface area contributed by atoms with Crippen molar-refractivity contribution in [3.05, 3.63) is 35.4 Å². The summed E-state index contributed by atoms with van der Waals surface area (Å²) in [4.78, 5) is 2.33. The molecule has 0 saturated carbocycles. The Labute approximate surface area is 126 Å². The molecular weight excluding hydrogens is 266 g/mol. The van der Waals surface area contributed by atoms with Gasteiger partial charge in [-0.3, -0.25) is 4.90 Å². The van der Waals surface area contributed by atoms with Crippen LogP contribution in [0.15, 0.2) is 24.3 Å². The molecule has 4 heteroatoms. The normalized spacial score (nSPS) is 22.0. The molecule has 1 aliphatic heterocycles. The van der Waals surface area contributed by atoms with Crippen LogP contribution >= 0.6 is 0 Å². The molecule has 0 spiro atoms. The Kier molecular flexibility index (Phi) is 6.21. The van der Waals surface area contributed by atoms with Gasteiger partial charge in [0.1, 0.15) is 0 Å². The Bertz CT molecular complexity index is 494. The van der Waals surface area contributed by atoms with Crippen molar-refractivity contribution in [1.82, 2.24) is 4.90 Å². The first-order valence-corrected chi connectivity index (χ1v) is 7.24. The van der Waals surface area contributed by atoms with E-state index in [4.69, 9.17) is 14.6 Å². The number of likely N-dealkylation sites (tertiary alicyclic amines) is 1. The van der Waals surface area contributed by atoms with Crippen molar-refractivity contribution in [1.29, 1.82) is 0 Å². The second-order valence-corrected chi connectivity index (χ2v) is 5.17. The molecule has 4 nitrogen and oxygen atoms in total. The van der Waals surface area contributed by atoms with Crippen LogP contribution in [-0.2, 0) is 16.0 Å². The van der Waals surface area contributed by atoms with Crippen molar-refractivity contribution in [3.63, 3.8) is 0 Å². The monoisotopic (exact) mass is 289 g/mol. The lowest BCUT2D eigenvalue weighted by atomic mass is 10.1. The van der Waals surface area contributed by atoms with Crippen molar-refractivity contribution in [2.24, 2.45) is 0 Å². The molecule has 1 saturated heterocycles. The highest BCUT2D eigenvalue weighted by molar-refractivity contribution is 5.41. The molecule has 0 bridgehead atoms. The minimum atomic E-state index is 0.104. The summed E-state index contributed by atoms with van der Waals surface area (Å²) in [5.74, 6) is 6.13. The van der Waals surface area contributed by atoms with Gasteiger partial charge in [0.25, 0.3) is 0 Å². The van der Waals surface area contributed by atoms with E-state index in [0.29, 0.717) is 6.42 Å². The topological polar surface area (TPSA) is 41.9 Å². The second kappa shape index (κ2) is 8.16. The van der Waals surface area contributed by atoms with Crippen LogP contribution in [0.2, 0.25) is 0 Å². The number of nitrogens with zero attached hydrogens (tertiary/aromatic N) is 1. The van der Waals surface area contributed by atoms with Crippen LogP contribution in [0.4, 0.5) is 0 Å².